The van der Waals surface area contributed by atoms with E-state index in [2.05, 4.69) is 21.6 Å². The van der Waals surface area contributed by atoms with Crippen LogP contribution in [0.1, 0.15) is 10.4 Å². The molecule has 1 amide bonds. The van der Waals surface area contributed by atoms with Gasteiger partial charge in [-0.3, -0.25) is 4.79 Å². The molecule has 9 heteroatoms. The molecule has 0 saturated heterocycles. The number of hydrogen-bond acceptors (Lipinski definition) is 6. The Bertz CT molecular complexity index is 852. The molecule has 0 spiro atoms. The fraction of sp³-hybridized carbons (Fsp3) is 0.294. The highest BCUT2D eigenvalue weighted by Gasteiger charge is 2.15. The topological polar surface area (TPSA) is 63.9 Å². The molecular weight excluding hydrogens is 373 g/mol. The number of carbonyl (C=O) groups excluding carboxylic acids is 1. The highest BCUT2D eigenvalue weighted by molar-refractivity contribution is 7.99. The maximum absolute atomic E-state index is 13.7. The third-order valence-corrected chi connectivity index (χ3v) is 5.64. The summed E-state index contributed by atoms with van der Waals surface area (Å²) in [5.41, 5.74) is 0.495. The summed E-state index contributed by atoms with van der Waals surface area (Å²) in [6.45, 7) is 0.893. The first-order valence-corrected chi connectivity index (χ1v) is 9.88. The zero-order valence-electron chi connectivity index (χ0n) is 14.2. The van der Waals surface area contributed by atoms with Gasteiger partial charge in [0.05, 0.1) is 12.3 Å². The number of thioether (sulfide) groups is 1. The minimum Gasteiger partial charge on any atom is -0.341 e. The number of rotatable bonds is 8. The summed E-state index contributed by atoms with van der Waals surface area (Å²) in [7, 11) is 1.66. The van der Waals surface area contributed by atoms with Crippen LogP contribution in [0.2, 0.25) is 0 Å². The highest BCUT2D eigenvalue weighted by atomic mass is 32.2. The summed E-state index contributed by atoms with van der Waals surface area (Å²) in [5.74, 6) is -0.215. The molecule has 2 aromatic heterocycles. The van der Waals surface area contributed by atoms with Crippen LogP contribution in [0.15, 0.2) is 46.9 Å². The summed E-state index contributed by atoms with van der Waals surface area (Å²) in [6, 6.07) is 10.5. The number of amides is 1. The Labute approximate surface area is 159 Å². The summed E-state index contributed by atoms with van der Waals surface area (Å²) in [5, 5.41) is 14.3. The van der Waals surface area contributed by atoms with Crippen molar-refractivity contribution >= 4 is 29.0 Å². The third-order valence-electron chi connectivity index (χ3n) is 3.76. The second kappa shape index (κ2) is 8.91. The molecule has 136 valence electrons. The zero-order valence-corrected chi connectivity index (χ0v) is 15.8. The summed E-state index contributed by atoms with van der Waals surface area (Å²) >= 11 is 2.98. The van der Waals surface area contributed by atoms with Crippen molar-refractivity contribution in [2.75, 3.05) is 12.8 Å². The Balaban J connectivity index is 1.51. The second-order valence-electron chi connectivity index (χ2n) is 5.64. The van der Waals surface area contributed by atoms with Crippen molar-refractivity contribution in [3.63, 3.8) is 0 Å². The van der Waals surface area contributed by atoms with Gasteiger partial charge in [0.2, 0.25) is 11.1 Å². The molecule has 0 aliphatic rings. The monoisotopic (exact) mass is 391 g/mol. The van der Waals surface area contributed by atoms with Crippen molar-refractivity contribution in [1.82, 2.24) is 25.1 Å². The van der Waals surface area contributed by atoms with E-state index in [1.54, 1.807) is 41.3 Å². The van der Waals surface area contributed by atoms with Crippen LogP contribution in [0.4, 0.5) is 4.39 Å². The molecule has 0 saturated carbocycles. The lowest BCUT2D eigenvalue weighted by Crippen LogP contribution is -2.28. The van der Waals surface area contributed by atoms with E-state index in [1.807, 2.05) is 11.4 Å². The summed E-state index contributed by atoms with van der Waals surface area (Å²) < 4.78 is 15.4. The van der Waals surface area contributed by atoms with Crippen molar-refractivity contribution < 1.29 is 9.18 Å². The van der Waals surface area contributed by atoms with Crippen LogP contribution in [-0.4, -0.2) is 43.8 Å². The Morgan fingerprint density at radius 1 is 1.31 bits per heavy atom. The van der Waals surface area contributed by atoms with Gasteiger partial charge in [0.25, 0.3) is 0 Å². The number of aryl methyl sites for hydroxylation is 2. The van der Waals surface area contributed by atoms with Gasteiger partial charge < -0.3 is 4.90 Å². The average Bonchev–Trinajstić information content (AvgIpc) is 3.31. The van der Waals surface area contributed by atoms with Crippen LogP contribution in [-0.2, 0) is 24.3 Å². The van der Waals surface area contributed by atoms with Gasteiger partial charge in [0.15, 0.2) is 0 Å². The third kappa shape index (κ3) is 4.89. The number of aromatic nitrogens is 4. The Kier molecular flexibility index (Phi) is 6.35. The fourth-order valence-corrected chi connectivity index (χ4v) is 3.86. The minimum atomic E-state index is -0.308. The van der Waals surface area contributed by atoms with Crippen LogP contribution in [0.3, 0.4) is 0 Å². The van der Waals surface area contributed by atoms with Crippen molar-refractivity contribution in [2.45, 2.75) is 24.7 Å². The number of carbonyl (C=O) groups is 1. The van der Waals surface area contributed by atoms with Crippen molar-refractivity contribution in [3.8, 4) is 0 Å². The quantitative estimate of drug-likeness (QED) is 0.553. The molecular formula is C17H18FN5OS2. The lowest BCUT2D eigenvalue weighted by atomic mass is 10.2. The first-order valence-electron chi connectivity index (χ1n) is 8.02. The van der Waals surface area contributed by atoms with Crippen molar-refractivity contribution in [1.29, 1.82) is 0 Å². The van der Waals surface area contributed by atoms with E-state index in [9.17, 15) is 9.18 Å². The van der Waals surface area contributed by atoms with Crippen LogP contribution in [0.25, 0.3) is 0 Å². The van der Waals surface area contributed by atoms with Gasteiger partial charge in [-0.2, -0.15) is 0 Å². The molecule has 0 fully saturated rings. The zero-order chi connectivity index (χ0) is 18.4. The van der Waals surface area contributed by atoms with Crippen LogP contribution < -0.4 is 0 Å². The van der Waals surface area contributed by atoms with E-state index in [-0.39, 0.29) is 24.0 Å². The number of benzene rings is 1. The Hall–Kier alpha value is -2.26. The maximum Gasteiger partial charge on any atom is 0.233 e. The second-order valence-corrected chi connectivity index (χ2v) is 7.62. The van der Waals surface area contributed by atoms with Gasteiger partial charge in [0.1, 0.15) is 5.82 Å². The summed E-state index contributed by atoms with van der Waals surface area (Å²) in [6.07, 6.45) is 0.845. The predicted molar refractivity (Wildman–Crippen MR) is 99.4 cm³/mol. The van der Waals surface area contributed by atoms with E-state index in [0.717, 1.165) is 6.42 Å². The lowest BCUT2D eigenvalue weighted by Gasteiger charge is -2.17. The van der Waals surface area contributed by atoms with E-state index >= 15 is 0 Å². The maximum atomic E-state index is 13.7. The molecule has 1 aromatic carbocycles. The number of hydrogen-bond donors (Lipinski definition) is 0. The smallest absolute Gasteiger partial charge is 0.233 e. The first-order chi connectivity index (χ1) is 12.6. The van der Waals surface area contributed by atoms with Crippen LogP contribution in [0.5, 0.6) is 0 Å². The van der Waals surface area contributed by atoms with Gasteiger partial charge in [0, 0.05) is 30.5 Å². The SMILES string of the molecule is CN(Cc1ccccc1F)C(=O)CSc1nnnn1CCc1cccs1. The molecule has 6 nitrogen and oxygen atoms in total. The number of tetrazole rings is 1. The first kappa shape index (κ1) is 18.5. The van der Waals surface area contributed by atoms with Gasteiger partial charge in [-0.25, -0.2) is 9.07 Å². The van der Waals surface area contributed by atoms with Gasteiger partial charge >= 0.3 is 0 Å². The molecule has 26 heavy (non-hydrogen) atoms. The Morgan fingerprint density at radius 2 is 2.15 bits per heavy atom. The van der Waals surface area contributed by atoms with Crippen molar-refractivity contribution in [2.24, 2.45) is 0 Å². The lowest BCUT2D eigenvalue weighted by molar-refractivity contribution is -0.127. The largest absolute Gasteiger partial charge is 0.341 e. The highest BCUT2D eigenvalue weighted by Crippen LogP contribution is 2.17. The van der Waals surface area contributed by atoms with E-state index < -0.39 is 0 Å². The normalized spacial score (nSPS) is 10.8. The molecule has 3 aromatic rings. The molecule has 0 N–H and O–H groups in total. The van der Waals surface area contributed by atoms with E-state index in [0.29, 0.717) is 17.3 Å². The van der Waals surface area contributed by atoms with Crippen LogP contribution >= 0.6 is 23.1 Å². The minimum absolute atomic E-state index is 0.106. The van der Waals surface area contributed by atoms with Gasteiger partial charge in [-0.1, -0.05) is 36.0 Å². The van der Waals surface area contributed by atoms with E-state index in [1.165, 1.54) is 27.6 Å². The number of thiophene rings is 1. The van der Waals surface area contributed by atoms with Crippen molar-refractivity contribution in [3.05, 3.63) is 58.0 Å². The van der Waals surface area contributed by atoms with Gasteiger partial charge in [-0.05, 0) is 27.9 Å². The molecule has 0 aliphatic heterocycles. The molecule has 3 rings (SSSR count). The fourth-order valence-electron chi connectivity index (χ4n) is 2.32. The standard InChI is InChI=1S/C17H18FN5OS2/c1-22(11-13-5-2-3-7-15(13)18)16(24)12-26-17-19-20-21-23(17)9-8-14-6-4-10-25-14/h2-7,10H,8-9,11-12H2,1H3. The molecule has 0 unspecified atom stereocenters. The van der Waals surface area contributed by atoms with Gasteiger partial charge in [-0.15, -0.1) is 16.4 Å². The Morgan fingerprint density at radius 3 is 2.92 bits per heavy atom. The molecule has 0 radical (unpaired) electrons. The molecule has 0 aliphatic carbocycles. The molecule has 2 heterocycles. The number of nitrogens with zero attached hydrogens (tertiary/aromatic N) is 5. The number of halogens is 1. The molecule has 0 bridgehead atoms. The summed E-state index contributed by atoms with van der Waals surface area (Å²) in [4.78, 5) is 15.1. The predicted octanol–water partition coefficient (Wildman–Crippen LogP) is 2.87. The van der Waals surface area contributed by atoms with E-state index in [4.69, 9.17) is 0 Å². The van der Waals surface area contributed by atoms with Crippen LogP contribution in [0, 0.1) is 5.82 Å². The average molecular weight is 391 g/mol. The molecule has 0 atom stereocenters.